The van der Waals surface area contributed by atoms with Crippen LogP contribution < -0.4 is 0 Å². The number of benzene rings is 1. The van der Waals surface area contributed by atoms with Gasteiger partial charge in [-0.05, 0) is 55.0 Å². The largest absolute Gasteiger partial charge is 0.298 e. The van der Waals surface area contributed by atoms with Crippen molar-refractivity contribution in [2.45, 2.75) is 32.2 Å². The fourth-order valence-electron chi connectivity index (χ4n) is 3.25. The van der Waals surface area contributed by atoms with E-state index in [4.69, 9.17) is 0 Å². The van der Waals surface area contributed by atoms with Crippen molar-refractivity contribution in [3.05, 3.63) is 65.5 Å². The Morgan fingerprint density at radius 3 is 2.90 bits per heavy atom. The molecule has 0 radical (unpaired) electrons. The Hall–Kier alpha value is -1.67. The Balaban J connectivity index is 1.69. The highest BCUT2D eigenvalue weighted by Gasteiger charge is 2.22. The molecule has 0 unspecified atom stereocenters. The molecule has 0 amide bonds. The summed E-state index contributed by atoms with van der Waals surface area (Å²) < 4.78 is 0. The lowest BCUT2D eigenvalue weighted by molar-refractivity contribution is 0.200. The fourth-order valence-corrected chi connectivity index (χ4v) is 3.25. The first-order chi connectivity index (χ1) is 9.83. The normalized spacial score (nSPS) is 19.9. The molecule has 1 saturated heterocycles. The lowest BCUT2D eigenvalue weighted by Gasteiger charge is -2.33. The van der Waals surface area contributed by atoms with Crippen LogP contribution in [0.3, 0.4) is 0 Å². The first-order valence-electron chi connectivity index (χ1n) is 7.50. The molecule has 1 aromatic carbocycles. The lowest BCUT2D eigenvalue weighted by atomic mass is 9.88. The Kier molecular flexibility index (Phi) is 4.12. The Labute approximate surface area is 121 Å². The van der Waals surface area contributed by atoms with Crippen molar-refractivity contribution in [1.82, 2.24) is 9.88 Å². The highest BCUT2D eigenvalue weighted by molar-refractivity contribution is 5.29. The van der Waals surface area contributed by atoms with Crippen molar-refractivity contribution < 1.29 is 0 Å². The minimum Gasteiger partial charge on any atom is -0.298 e. The van der Waals surface area contributed by atoms with E-state index in [0.29, 0.717) is 5.92 Å². The Morgan fingerprint density at radius 1 is 1.20 bits per heavy atom. The number of piperidine rings is 1. The maximum absolute atomic E-state index is 4.21. The second-order valence-corrected chi connectivity index (χ2v) is 5.79. The molecular weight excluding hydrogens is 244 g/mol. The zero-order chi connectivity index (χ0) is 13.8. The maximum atomic E-state index is 4.21. The second-order valence-electron chi connectivity index (χ2n) is 5.79. The molecule has 1 aromatic heterocycles. The topological polar surface area (TPSA) is 16.1 Å². The minimum atomic E-state index is 0.682. The summed E-state index contributed by atoms with van der Waals surface area (Å²) in [5, 5.41) is 0. The Morgan fingerprint density at radius 2 is 2.10 bits per heavy atom. The van der Waals surface area contributed by atoms with Crippen molar-refractivity contribution in [2.75, 3.05) is 13.1 Å². The van der Waals surface area contributed by atoms with Gasteiger partial charge in [-0.25, -0.2) is 0 Å². The zero-order valence-electron chi connectivity index (χ0n) is 12.1. The van der Waals surface area contributed by atoms with Gasteiger partial charge in [-0.15, -0.1) is 0 Å². The molecule has 1 atom stereocenters. The summed E-state index contributed by atoms with van der Waals surface area (Å²) in [6.07, 6.45) is 6.43. The van der Waals surface area contributed by atoms with Crippen LogP contribution in [-0.4, -0.2) is 23.0 Å². The van der Waals surface area contributed by atoms with Crippen molar-refractivity contribution in [2.24, 2.45) is 0 Å². The number of aryl methyl sites for hydroxylation is 1. The van der Waals surface area contributed by atoms with E-state index in [0.717, 1.165) is 6.54 Å². The third-order valence-electron chi connectivity index (χ3n) is 4.26. The van der Waals surface area contributed by atoms with Crippen molar-refractivity contribution in [3.63, 3.8) is 0 Å². The van der Waals surface area contributed by atoms with Gasteiger partial charge in [-0.3, -0.25) is 9.88 Å². The van der Waals surface area contributed by atoms with Crippen LogP contribution in [0.1, 0.15) is 35.4 Å². The molecule has 2 heteroatoms. The smallest absolute Gasteiger partial charge is 0.0312 e. The summed E-state index contributed by atoms with van der Waals surface area (Å²) in [6, 6.07) is 13.0. The maximum Gasteiger partial charge on any atom is 0.0312 e. The quantitative estimate of drug-likeness (QED) is 0.840. The van der Waals surface area contributed by atoms with E-state index in [9.17, 15) is 0 Å². The second kappa shape index (κ2) is 6.19. The third-order valence-corrected chi connectivity index (χ3v) is 4.26. The average Bonchev–Trinajstić information content (AvgIpc) is 2.49. The van der Waals surface area contributed by atoms with E-state index in [2.05, 4.69) is 47.1 Å². The molecule has 2 heterocycles. The van der Waals surface area contributed by atoms with Crippen LogP contribution in [0.5, 0.6) is 0 Å². The van der Waals surface area contributed by atoms with Crippen LogP contribution >= 0.6 is 0 Å². The van der Waals surface area contributed by atoms with Crippen molar-refractivity contribution in [1.29, 1.82) is 0 Å². The average molecular weight is 266 g/mol. The van der Waals surface area contributed by atoms with E-state index >= 15 is 0 Å². The summed E-state index contributed by atoms with van der Waals surface area (Å²) in [5.41, 5.74) is 4.28. The van der Waals surface area contributed by atoms with Gasteiger partial charge in [-0.2, -0.15) is 0 Å². The Bertz CT molecular complexity index is 550. The molecule has 0 bridgehead atoms. The van der Waals surface area contributed by atoms with Crippen molar-refractivity contribution in [3.8, 4) is 0 Å². The molecule has 2 aromatic rings. The summed E-state index contributed by atoms with van der Waals surface area (Å²) in [6.45, 7) is 5.63. The molecule has 3 rings (SSSR count). The summed E-state index contributed by atoms with van der Waals surface area (Å²) in [7, 11) is 0. The van der Waals surface area contributed by atoms with Crippen molar-refractivity contribution >= 4 is 0 Å². The van der Waals surface area contributed by atoms with Crippen LogP contribution in [0.4, 0.5) is 0 Å². The van der Waals surface area contributed by atoms with Gasteiger partial charge < -0.3 is 0 Å². The summed E-state index contributed by atoms with van der Waals surface area (Å²) in [5.74, 6) is 0.682. The molecule has 104 valence electrons. The fraction of sp³-hybridized carbons (Fsp3) is 0.389. The summed E-state index contributed by atoms with van der Waals surface area (Å²) in [4.78, 5) is 6.78. The van der Waals surface area contributed by atoms with Gasteiger partial charge in [0.05, 0.1) is 0 Å². The van der Waals surface area contributed by atoms with Gasteiger partial charge >= 0.3 is 0 Å². The molecular formula is C18H22N2. The number of hydrogen-bond acceptors (Lipinski definition) is 2. The number of pyridine rings is 1. The SMILES string of the molecule is Cc1ccccc1[C@H]1CCCN(Cc2cccnc2)C1. The molecule has 0 N–H and O–H groups in total. The standard InChI is InChI=1S/C18H22N2/c1-15-6-2-3-9-18(15)17-8-5-11-20(14-17)13-16-7-4-10-19-12-16/h2-4,6-7,9-10,12,17H,5,8,11,13-14H2,1H3/t17-/m0/s1. The van der Waals surface area contributed by atoms with Gasteiger partial charge in [0.15, 0.2) is 0 Å². The first-order valence-corrected chi connectivity index (χ1v) is 7.50. The number of rotatable bonds is 3. The molecule has 1 aliphatic rings. The highest BCUT2D eigenvalue weighted by atomic mass is 15.1. The monoisotopic (exact) mass is 266 g/mol. The van der Waals surface area contributed by atoms with Gasteiger partial charge in [0.1, 0.15) is 0 Å². The number of likely N-dealkylation sites (tertiary alicyclic amines) is 1. The van der Waals surface area contributed by atoms with Gasteiger partial charge in [0.25, 0.3) is 0 Å². The number of hydrogen-bond donors (Lipinski definition) is 0. The van der Waals surface area contributed by atoms with Crippen LogP contribution in [-0.2, 0) is 6.54 Å². The van der Waals surface area contributed by atoms with Gasteiger partial charge in [0.2, 0.25) is 0 Å². The molecule has 1 fully saturated rings. The van der Waals surface area contributed by atoms with Crippen LogP contribution in [0.2, 0.25) is 0 Å². The predicted octanol–water partition coefficient (Wildman–Crippen LogP) is 3.77. The van der Waals surface area contributed by atoms with E-state index in [-0.39, 0.29) is 0 Å². The molecule has 0 aliphatic carbocycles. The van der Waals surface area contributed by atoms with E-state index in [1.165, 1.54) is 42.6 Å². The summed E-state index contributed by atoms with van der Waals surface area (Å²) >= 11 is 0. The first kappa shape index (κ1) is 13.3. The van der Waals surface area contributed by atoms with Crippen LogP contribution in [0.15, 0.2) is 48.8 Å². The molecule has 20 heavy (non-hydrogen) atoms. The molecule has 0 spiro atoms. The predicted molar refractivity (Wildman–Crippen MR) is 82.7 cm³/mol. The highest BCUT2D eigenvalue weighted by Crippen LogP contribution is 2.29. The van der Waals surface area contributed by atoms with E-state index in [1.807, 2.05) is 18.5 Å². The molecule has 0 saturated carbocycles. The van der Waals surface area contributed by atoms with Crippen LogP contribution in [0.25, 0.3) is 0 Å². The number of aromatic nitrogens is 1. The molecule has 2 nitrogen and oxygen atoms in total. The lowest BCUT2D eigenvalue weighted by Crippen LogP contribution is -2.34. The van der Waals surface area contributed by atoms with E-state index < -0.39 is 0 Å². The minimum absolute atomic E-state index is 0.682. The third kappa shape index (κ3) is 3.07. The zero-order valence-corrected chi connectivity index (χ0v) is 12.1. The molecule has 1 aliphatic heterocycles. The van der Waals surface area contributed by atoms with Gasteiger partial charge in [-0.1, -0.05) is 30.3 Å². The van der Waals surface area contributed by atoms with Gasteiger partial charge in [0, 0.05) is 25.5 Å². The van der Waals surface area contributed by atoms with E-state index in [1.54, 1.807) is 0 Å². The van der Waals surface area contributed by atoms with Crippen LogP contribution in [0, 0.1) is 6.92 Å². The number of nitrogens with zero attached hydrogens (tertiary/aromatic N) is 2.